The molecule has 1 aliphatic heterocycles. The topological polar surface area (TPSA) is 61.4 Å². The second-order valence-electron chi connectivity index (χ2n) is 4.88. The highest BCUT2D eigenvalue weighted by atomic mass is 19.3. The SMILES string of the molecule is O=C(O)C1(c2ccccc2C(F)F)Nc2ccc(F)cc2N1. The number of carboxylic acid groups (broad SMARTS) is 1. The Balaban J connectivity index is 2.16. The van der Waals surface area contributed by atoms with Gasteiger partial charge in [-0.1, -0.05) is 24.3 Å². The average Bonchev–Trinajstić information content (AvgIpc) is 2.87. The summed E-state index contributed by atoms with van der Waals surface area (Å²) in [5, 5.41) is 14.9. The van der Waals surface area contributed by atoms with Crippen LogP contribution in [0.15, 0.2) is 42.5 Å². The van der Waals surface area contributed by atoms with Crippen molar-refractivity contribution in [3.05, 3.63) is 59.4 Å². The molecule has 0 saturated carbocycles. The summed E-state index contributed by atoms with van der Waals surface area (Å²) in [5.74, 6) is -1.95. The highest BCUT2D eigenvalue weighted by Gasteiger charge is 2.47. The molecule has 1 atom stereocenters. The molecule has 0 spiro atoms. The fourth-order valence-electron chi connectivity index (χ4n) is 2.55. The Hall–Kier alpha value is -2.70. The Bertz CT molecular complexity index is 751. The van der Waals surface area contributed by atoms with Gasteiger partial charge in [-0.25, -0.2) is 18.0 Å². The van der Waals surface area contributed by atoms with Gasteiger partial charge in [-0.2, -0.15) is 0 Å². The van der Waals surface area contributed by atoms with Gasteiger partial charge < -0.3 is 15.7 Å². The summed E-state index contributed by atoms with van der Waals surface area (Å²) in [5.41, 5.74) is -1.96. The molecule has 1 aliphatic rings. The van der Waals surface area contributed by atoms with Crippen molar-refractivity contribution >= 4 is 17.3 Å². The van der Waals surface area contributed by atoms with E-state index in [4.69, 9.17) is 0 Å². The number of rotatable bonds is 3. The maximum Gasteiger partial charge on any atom is 0.355 e. The van der Waals surface area contributed by atoms with E-state index < -0.39 is 29.4 Å². The number of halogens is 3. The van der Waals surface area contributed by atoms with E-state index in [9.17, 15) is 23.1 Å². The third kappa shape index (κ3) is 2.05. The highest BCUT2D eigenvalue weighted by molar-refractivity contribution is 5.94. The van der Waals surface area contributed by atoms with E-state index in [1.807, 2.05) is 0 Å². The number of nitrogens with one attached hydrogen (secondary N) is 2. The van der Waals surface area contributed by atoms with Crippen molar-refractivity contribution < 1.29 is 23.1 Å². The van der Waals surface area contributed by atoms with Crippen LogP contribution >= 0.6 is 0 Å². The van der Waals surface area contributed by atoms with E-state index in [0.717, 1.165) is 18.2 Å². The van der Waals surface area contributed by atoms with Crippen LogP contribution in [0, 0.1) is 5.82 Å². The highest BCUT2D eigenvalue weighted by Crippen LogP contribution is 2.42. The molecule has 1 heterocycles. The van der Waals surface area contributed by atoms with Crippen molar-refractivity contribution in [3.63, 3.8) is 0 Å². The third-order valence-corrected chi connectivity index (χ3v) is 3.55. The Kier molecular flexibility index (Phi) is 3.20. The fraction of sp³-hybridized carbons (Fsp3) is 0.133. The van der Waals surface area contributed by atoms with Gasteiger partial charge in [0.05, 0.1) is 11.4 Å². The Morgan fingerprint density at radius 3 is 2.45 bits per heavy atom. The van der Waals surface area contributed by atoms with Gasteiger partial charge in [-0.15, -0.1) is 0 Å². The fourth-order valence-corrected chi connectivity index (χ4v) is 2.55. The van der Waals surface area contributed by atoms with Crippen LogP contribution in [0.3, 0.4) is 0 Å². The van der Waals surface area contributed by atoms with Crippen LogP contribution in [0.5, 0.6) is 0 Å². The minimum absolute atomic E-state index is 0.117. The van der Waals surface area contributed by atoms with Crippen molar-refractivity contribution in [1.82, 2.24) is 0 Å². The molecule has 0 bridgehead atoms. The van der Waals surface area contributed by atoms with E-state index in [1.54, 1.807) is 0 Å². The molecule has 22 heavy (non-hydrogen) atoms. The molecule has 0 aromatic heterocycles. The van der Waals surface area contributed by atoms with Gasteiger partial charge in [0, 0.05) is 11.1 Å². The van der Waals surface area contributed by atoms with Crippen LogP contribution in [0.25, 0.3) is 0 Å². The molecular formula is C15H11F3N2O2. The summed E-state index contributed by atoms with van der Waals surface area (Å²) < 4.78 is 39.7. The summed E-state index contributed by atoms with van der Waals surface area (Å²) in [7, 11) is 0. The predicted octanol–water partition coefficient (Wildman–Crippen LogP) is 3.54. The minimum Gasteiger partial charge on any atom is -0.478 e. The summed E-state index contributed by atoms with van der Waals surface area (Å²) in [4.78, 5) is 11.8. The number of hydrogen-bond donors (Lipinski definition) is 3. The number of benzene rings is 2. The predicted molar refractivity (Wildman–Crippen MR) is 74.4 cm³/mol. The first-order valence-electron chi connectivity index (χ1n) is 6.41. The molecule has 2 aromatic rings. The number of hydrogen-bond acceptors (Lipinski definition) is 3. The number of carbonyl (C=O) groups is 1. The molecule has 7 heteroatoms. The molecule has 2 aromatic carbocycles. The third-order valence-electron chi connectivity index (χ3n) is 3.55. The van der Waals surface area contributed by atoms with Crippen molar-refractivity contribution in [2.75, 3.05) is 10.6 Å². The molecule has 0 radical (unpaired) electrons. The molecule has 0 saturated heterocycles. The summed E-state index contributed by atoms with van der Waals surface area (Å²) in [6, 6.07) is 8.96. The first-order chi connectivity index (χ1) is 10.4. The van der Waals surface area contributed by atoms with Gasteiger partial charge in [0.15, 0.2) is 0 Å². The molecular weight excluding hydrogens is 297 g/mol. The van der Waals surface area contributed by atoms with E-state index >= 15 is 0 Å². The minimum atomic E-state index is -2.84. The first-order valence-corrected chi connectivity index (χ1v) is 6.41. The van der Waals surface area contributed by atoms with Gasteiger partial charge in [0.25, 0.3) is 6.43 Å². The number of aliphatic carboxylic acids is 1. The molecule has 4 nitrogen and oxygen atoms in total. The normalized spacial score (nSPS) is 19.5. The van der Waals surface area contributed by atoms with Gasteiger partial charge in [0.1, 0.15) is 5.82 Å². The van der Waals surface area contributed by atoms with Crippen LogP contribution in [-0.2, 0) is 10.5 Å². The molecule has 0 amide bonds. The van der Waals surface area contributed by atoms with Crippen molar-refractivity contribution in [2.45, 2.75) is 12.1 Å². The number of alkyl halides is 2. The quantitative estimate of drug-likeness (QED) is 0.811. The van der Waals surface area contributed by atoms with Gasteiger partial charge in [-0.3, -0.25) is 0 Å². The zero-order valence-electron chi connectivity index (χ0n) is 11.1. The number of anilines is 2. The van der Waals surface area contributed by atoms with Crippen LogP contribution in [0.1, 0.15) is 17.6 Å². The van der Waals surface area contributed by atoms with Gasteiger partial charge >= 0.3 is 5.97 Å². The van der Waals surface area contributed by atoms with Gasteiger partial charge in [0.2, 0.25) is 5.66 Å². The maximum absolute atomic E-state index is 13.3. The summed E-state index contributed by atoms with van der Waals surface area (Å²) in [6.07, 6.45) is -2.84. The summed E-state index contributed by atoms with van der Waals surface area (Å²) >= 11 is 0. The zero-order valence-corrected chi connectivity index (χ0v) is 11.1. The van der Waals surface area contributed by atoms with E-state index in [0.29, 0.717) is 5.69 Å². The number of fused-ring (bicyclic) bond motifs is 1. The van der Waals surface area contributed by atoms with E-state index in [1.165, 1.54) is 24.3 Å². The zero-order chi connectivity index (χ0) is 15.9. The van der Waals surface area contributed by atoms with Crippen molar-refractivity contribution in [3.8, 4) is 0 Å². The molecule has 3 N–H and O–H groups in total. The van der Waals surface area contributed by atoms with Gasteiger partial charge in [-0.05, 0) is 18.2 Å². The van der Waals surface area contributed by atoms with Crippen LogP contribution in [0.4, 0.5) is 24.5 Å². The smallest absolute Gasteiger partial charge is 0.355 e. The van der Waals surface area contributed by atoms with Crippen molar-refractivity contribution in [1.29, 1.82) is 0 Å². The van der Waals surface area contributed by atoms with Crippen LogP contribution in [-0.4, -0.2) is 11.1 Å². The maximum atomic E-state index is 13.3. The molecule has 0 aliphatic carbocycles. The van der Waals surface area contributed by atoms with E-state index in [-0.39, 0.29) is 11.3 Å². The first kappa shape index (κ1) is 14.2. The van der Waals surface area contributed by atoms with Crippen LogP contribution < -0.4 is 10.6 Å². The van der Waals surface area contributed by atoms with Crippen molar-refractivity contribution in [2.24, 2.45) is 0 Å². The van der Waals surface area contributed by atoms with E-state index in [2.05, 4.69) is 10.6 Å². The molecule has 3 rings (SSSR count). The lowest BCUT2D eigenvalue weighted by Crippen LogP contribution is -2.47. The Morgan fingerprint density at radius 2 is 1.77 bits per heavy atom. The standard InChI is InChI=1S/C15H11F3N2O2/c16-8-5-6-11-12(7-8)20-15(19-11,14(21)22)10-4-2-1-3-9(10)13(17)18/h1-7,13,19-20H,(H,21,22). The lowest BCUT2D eigenvalue weighted by molar-refractivity contribution is -0.141. The Labute approximate surface area is 123 Å². The lowest BCUT2D eigenvalue weighted by atomic mass is 9.94. The Morgan fingerprint density at radius 1 is 1.09 bits per heavy atom. The number of carboxylic acids is 1. The molecule has 0 fully saturated rings. The van der Waals surface area contributed by atoms with Crippen LogP contribution in [0.2, 0.25) is 0 Å². The second-order valence-corrected chi connectivity index (χ2v) is 4.88. The summed E-state index contributed by atoms with van der Waals surface area (Å²) in [6.45, 7) is 0. The largest absolute Gasteiger partial charge is 0.478 e. The monoisotopic (exact) mass is 308 g/mol. The molecule has 1 unspecified atom stereocenters. The second kappa shape index (κ2) is 4.94. The average molecular weight is 308 g/mol. The lowest BCUT2D eigenvalue weighted by Gasteiger charge is -2.28. The molecule has 114 valence electrons.